The van der Waals surface area contributed by atoms with Gasteiger partial charge in [0, 0.05) is 5.33 Å². The smallest absolute Gasteiger partial charge is 0.127 e. The van der Waals surface area contributed by atoms with Gasteiger partial charge >= 0.3 is 0 Å². The van der Waals surface area contributed by atoms with Crippen molar-refractivity contribution in [3.63, 3.8) is 0 Å². The van der Waals surface area contributed by atoms with Gasteiger partial charge in [-0.15, -0.1) is 0 Å². The fraction of sp³-hybridized carbons (Fsp3) is 0.500. The van der Waals surface area contributed by atoms with Gasteiger partial charge in [0.05, 0.1) is 18.3 Å². The van der Waals surface area contributed by atoms with Crippen LogP contribution in [0.3, 0.4) is 0 Å². The van der Waals surface area contributed by atoms with E-state index in [2.05, 4.69) is 29.8 Å². The van der Waals surface area contributed by atoms with Crippen LogP contribution in [0.2, 0.25) is 0 Å². The molecule has 4 nitrogen and oxygen atoms in total. The molecule has 0 spiro atoms. The minimum atomic E-state index is -1.14. The summed E-state index contributed by atoms with van der Waals surface area (Å²) in [7, 11) is 1.56. The zero-order chi connectivity index (χ0) is 21.8. The van der Waals surface area contributed by atoms with Crippen molar-refractivity contribution < 1.29 is 20.1 Å². The van der Waals surface area contributed by atoms with Crippen LogP contribution in [0.15, 0.2) is 30.3 Å². The van der Waals surface area contributed by atoms with Gasteiger partial charge in [-0.2, -0.15) is 0 Å². The second-order valence-corrected chi connectivity index (χ2v) is 9.54. The molecule has 0 aliphatic carbocycles. The monoisotopic (exact) mass is 464 g/mol. The van der Waals surface area contributed by atoms with E-state index in [1.165, 1.54) is 0 Å². The van der Waals surface area contributed by atoms with E-state index in [4.69, 9.17) is 4.74 Å². The molecule has 0 saturated carbocycles. The van der Waals surface area contributed by atoms with E-state index >= 15 is 0 Å². The summed E-state index contributed by atoms with van der Waals surface area (Å²) in [6.45, 7) is 7.61. The van der Waals surface area contributed by atoms with Gasteiger partial charge < -0.3 is 20.1 Å². The number of ether oxygens (including phenoxy) is 1. The fourth-order valence-electron chi connectivity index (χ4n) is 3.65. The Morgan fingerprint density at radius 2 is 1.55 bits per heavy atom. The molecule has 0 aliphatic heterocycles. The third-order valence-corrected chi connectivity index (χ3v) is 6.03. The Kier molecular flexibility index (Phi) is 7.63. The van der Waals surface area contributed by atoms with Crippen LogP contribution in [0, 0.1) is 0 Å². The van der Waals surface area contributed by atoms with Crippen molar-refractivity contribution in [1.29, 1.82) is 0 Å². The largest absolute Gasteiger partial charge is 0.507 e. The molecule has 0 fully saturated rings. The van der Waals surface area contributed by atoms with E-state index in [-0.39, 0.29) is 16.9 Å². The average Bonchev–Trinajstić information content (AvgIpc) is 2.63. The first-order valence-corrected chi connectivity index (χ1v) is 11.2. The molecule has 2 aromatic carbocycles. The minimum Gasteiger partial charge on any atom is -0.507 e. The molecule has 2 rings (SSSR count). The van der Waals surface area contributed by atoms with Gasteiger partial charge in [0.1, 0.15) is 17.2 Å². The Hall–Kier alpha value is -1.72. The number of aliphatic hydroxyl groups is 1. The average molecular weight is 465 g/mol. The van der Waals surface area contributed by atoms with Crippen LogP contribution >= 0.6 is 15.9 Å². The predicted molar refractivity (Wildman–Crippen MR) is 122 cm³/mol. The summed E-state index contributed by atoms with van der Waals surface area (Å²) < 4.78 is 5.32. The highest BCUT2D eigenvalue weighted by molar-refractivity contribution is 9.09. The standard InChI is InChI=1S/C24H33BrO4/c1-23(2,11-7-6-8-12-25)16-13-20(26)22(21(27)14-16)18-15-17(29-5)9-10-19(18)24(3,4)28/h9-10,13-15,26-28H,6-8,11-12H2,1-5H3. The summed E-state index contributed by atoms with van der Waals surface area (Å²) in [5.41, 5.74) is 1.03. The highest BCUT2D eigenvalue weighted by Gasteiger charge is 2.27. The number of phenolic OH excluding ortho intramolecular Hbond substituents is 2. The molecule has 0 atom stereocenters. The van der Waals surface area contributed by atoms with Crippen LogP contribution < -0.4 is 4.74 Å². The number of halogens is 1. The number of benzene rings is 2. The lowest BCUT2D eigenvalue weighted by atomic mass is 9.78. The number of rotatable bonds is 9. The number of phenols is 2. The quantitative estimate of drug-likeness (QED) is 0.303. The molecule has 2 aromatic rings. The van der Waals surface area contributed by atoms with Crippen LogP contribution in [0.25, 0.3) is 11.1 Å². The highest BCUT2D eigenvalue weighted by Crippen LogP contribution is 2.46. The first kappa shape index (κ1) is 23.6. The van der Waals surface area contributed by atoms with Gasteiger partial charge in [0.25, 0.3) is 0 Å². The molecule has 0 amide bonds. The molecule has 0 aliphatic rings. The maximum Gasteiger partial charge on any atom is 0.127 e. The molecule has 160 valence electrons. The Bertz CT molecular complexity index is 814. The van der Waals surface area contributed by atoms with Crippen LogP contribution in [0.5, 0.6) is 17.2 Å². The van der Waals surface area contributed by atoms with E-state index in [0.717, 1.165) is 36.6 Å². The Morgan fingerprint density at radius 3 is 2.07 bits per heavy atom. The van der Waals surface area contributed by atoms with Gasteiger partial charge in [-0.1, -0.05) is 48.7 Å². The van der Waals surface area contributed by atoms with Gasteiger partial charge in [-0.05, 0) is 73.1 Å². The number of alkyl halides is 1. The summed E-state index contributed by atoms with van der Waals surface area (Å²) in [4.78, 5) is 0. The summed E-state index contributed by atoms with van der Waals surface area (Å²) in [5.74, 6) is 0.572. The lowest BCUT2D eigenvalue weighted by Crippen LogP contribution is -2.18. The van der Waals surface area contributed by atoms with Gasteiger partial charge in [-0.25, -0.2) is 0 Å². The van der Waals surface area contributed by atoms with Crippen molar-refractivity contribution in [2.24, 2.45) is 0 Å². The Labute approximate surface area is 182 Å². The SMILES string of the molecule is COc1ccc(C(C)(C)O)c(-c2c(O)cc(C(C)(C)CCCCCBr)cc2O)c1. The number of aromatic hydroxyl groups is 2. The molecule has 5 heteroatoms. The Balaban J connectivity index is 2.50. The minimum absolute atomic E-state index is 0.00714. The van der Waals surface area contributed by atoms with E-state index in [0.29, 0.717) is 22.4 Å². The maximum absolute atomic E-state index is 10.9. The highest BCUT2D eigenvalue weighted by atomic mass is 79.9. The fourth-order valence-corrected chi connectivity index (χ4v) is 4.05. The van der Waals surface area contributed by atoms with Gasteiger partial charge in [0.2, 0.25) is 0 Å². The van der Waals surface area contributed by atoms with Crippen LogP contribution in [0.1, 0.15) is 64.5 Å². The zero-order valence-electron chi connectivity index (χ0n) is 18.1. The third kappa shape index (κ3) is 5.67. The van der Waals surface area contributed by atoms with Crippen molar-refractivity contribution in [2.75, 3.05) is 12.4 Å². The van der Waals surface area contributed by atoms with Crippen molar-refractivity contribution in [1.82, 2.24) is 0 Å². The summed E-state index contributed by atoms with van der Waals surface area (Å²) in [6.07, 6.45) is 4.33. The molecule has 0 bridgehead atoms. The molecule has 0 unspecified atom stereocenters. The van der Waals surface area contributed by atoms with Gasteiger partial charge in [-0.3, -0.25) is 0 Å². The third-order valence-electron chi connectivity index (χ3n) is 5.47. The van der Waals surface area contributed by atoms with Crippen molar-refractivity contribution in [3.8, 4) is 28.4 Å². The maximum atomic E-state index is 10.9. The second kappa shape index (κ2) is 9.40. The normalized spacial score (nSPS) is 12.2. The molecular weight excluding hydrogens is 432 g/mol. The zero-order valence-corrected chi connectivity index (χ0v) is 19.6. The van der Waals surface area contributed by atoms with Crippen molar-refractivity contribution in [2.45, 2.75) is 64.4 Å². The second-order valence-electron chi connectivity index (χ2n) is 8.74. The molecule has 3 N–H and O–H groups in total. The molecule has 0 heterocycles. The Morgan fingerprint density at radius 1 is 0.931 bits per heavy atom. The summed E-state index contributed by atoms with van der Waals surface area (Å²) >= 11 is 3.46. The summed E-state index contributed by atoms with van der Waals surface area (Å²) in [6, 6.07) is 8.71. The van der Waals surface area contributed by atoms with E-state index in [1.807, 2.05) is 0 Å². The van der Waals surface area contributed by atoms with Crippen LogP contribution in [-0.2, 0) is 11.0 Å². The first-order chi connectivity index (χ1) is 13.5. The molecule has 29 heavy (non-hydrogen) atoms. The topological polar surface area (TPSA) is 69.9 Å². The van der Waals surface area contributed by atoms with Crippen LogP contribution in [-0.4, -0.2) is 27.8 Å². The number of hydrogen-bond acceptors (Lipinski definition) is 4. The van der Waals surface area contributed by atoms with E-state index < -0.39 is 5.60 Å². The first-order valence-electron chi connectivity index (χ1n) is 10.0. The van der Waals surface area contributed by atoms with Crippen LogP contribution in [0.4, 0.5) is 0 Å². The lowest BCUT2D eigenvalue weighted by Gasteiger charge is -2.27. The number of unbranched alkanes of at least 4 members (excludes halogenated alkanes) is 2. The van der Waals surface area contributed by atoms with Crippen molar-refractivity contribution >= 4 is 15.9 Å². The van der Waals surface area contributed by atoms with Crippen molar-refractivity contribution in [3.05, 3.63) is 41.5 Å². The number of hydrogen-bond donors (Lipinski definition) is 3. The molecule has 0 saturated heterocycles. The van der Waals surface area contributed by atoms with E-state index in [9.17, 15) is 15.3 Å². The van der Waals surface area contributed by atoms with E-state index in [1.54, 1.807) is 51.3 Å². The number of methoxy groups -OCH3 is 1. The molecular formula is C24H33BrO4. The molecule has 0 radical (unpaired) electrons. The lowest BCUT2D eigenvalue weighted by molar-refractivity contribution is 0.0791. The summed E-state index contributed by atoms with van der Waals surface area (Å²) in [5, 5.41) is 33.3. The van der Waals surface area contributed by atoms with Gasteiger partial charge in [0.15, 0.2) is 0 Å². The predicted octanol–water partition coefficient (Wildman–Crippen LogP) is 6.23. The molecule has 0 aromatic heterocycles.